The van der Waals surface area contributed by atoms with Gasteiger partial charge in [-0.2, -0.15) is 0 Å². The van der Waals surface area contributed by atoms with Crippen molar-refractivity contribution in [2.45, 2.75) is 19.0 Å². The molecule has 1 amide bonds. The Kier molecular flexibility index (Phi) is 1.76. The molecule has 2 aliphatic heterocycles. The Bertz CT molecular complexity index is 471. The third kappa shape index (κ3) is 1.04. The number of amides is 1. The van der Waals surface area contributed by atoms with E-state index in [1.54, 1.807) is 0 Å². The first-order chi connectivity index (χ1) is 7.55. The van der Waals surface area contributed by atoms with Gasteiger partial charge in [0.25, 0.3) is 5.91 Å². The molecule has 1 saturated heterocycles. The van der Waals surface area contributed by atoms with Gasteiger partial charge in [0.2, 0.25) is 0 Å². The van der Waals surface area contributed by atoms with Crippen LogP contribution in [0.15, 0.2) is 24.3 Å². The summed E-state index contributed by atoms with van der Waals surface area (Å²) in [4.78, 5) is 11.7. The molecule has 1 fully saturated rings. The molecule has 2 heterocycles. The van der Waals surface area contributed by atoms with Crippen LogP contribution in [0, 0.1) is 0 Å². The van der Waals surface area contributed by atoms with Gasteiger partial charge in [0.05, 0.1) is 13.6 Å². The van der Waals surface area contributed by atoms with E-state index in [1.165, 1.54) is 11.1 Å². The molecule has 2 aliphatic rings. The van der Waals surface area contributed by atoms with Crippen molar-refractivity contribution in [1.82, 2.24) is 5.32 Å². The number of fused-ring (bicyclic) bond motifs is 3. The molecule has 3 heteroatoms. The minimum absolute atomic E-state index is 0.168. The molecular formula is C13H17N2O+. The van der Waals surface area contributed by atoms with Gasteiger partial charge in [0.1, 0.15) is 0 Å². The number of likely N-dealkylation sites (N-methyl/N-ethyl adjacent to an activating group) is 1. The molecule has 3 rings (SSSR count). The molecule has 1 N–H and O–H groups in total. The minimum Gasteiger partial charge on any atom is -0.296 e. The Labute approximate surface area is 95.7 Å². The first-order valence-electron chi connectivity index (χ1n) is 5.79. The lowest BCUT2D eigenvalue weighted by Crippen LogP contribution is -2.61. The zero-order chi connectivity index (χ0) is 11.4. The van der Waals surface area contributed by atoms with E-state index < -0.39 is 0 Å². The maximum Gasteiger partial charge on any atom is 0.280 e. The molecule has 16 heavy (non-hydrogen) atoms. The molecule has 1 aromatic carbocycles. The van der Waals surface area contributed by atoms with E-state index in [2.05, 4.69) is 43.6 Å². The fourth-order valence-corrected chi connectivity index (χ4v) is 3.16. The lowest BCUT2D eigenvalue weighted by atomic mass is 9.87. The van der Waals surface area contributed by atoms with Gasteiger partial charge in [-0.15, -0.1) is 0 Å². The molecular weight excluding hydrogens is 200 g/mol. The summed E-state index contributed by atoms with van der Waals surface area (Å²) in [6.45, 7) is 3.78. The number of quaternary nitrogens is 1. The van der Waals surface area contributed by atoms with Crippen LogP contribution in [0.4, 0.5) is 0 Å². The summed E-state index contributed by atoms with van der Waals surface area (Å²) in [7, 11) is 2.17. The Hall–Kier alpha value is -1.35. The fourth-order valence-electron chi connectivity index (χ4n) is 3.16. The number of carbonyl (C=O) groups excluding carboxylic acids is 1. The molecule has 0 bridgehead atoms. The third-order valence-corrected chi connectivity index (χ3v) is 4.37. The molecule has 84 valence electrons. The van der Waals surface area contributed by atoms with Gasteiger partial charge in [0.15, 0.2) is 12.2 Å². The molecule has 0 aromatic heterocycles. The Morgan fingerprint density at radius 2 is 2.12 bits per heavy atom. The molecule has 1 aromatic rings. The van der Waals surface area contributed by atoms with Crippen LogP contribution in [-0.4, -0.2) is 30.5 Å². The van der Waals surface area contributed by atoms with Crippen LogP contribution < -0.4 is 5.32 Å². The quantitative estimate of drug-likeness (QED) is 0.645. The van der Waals surface area contributed by atoms with E-state index in [4.69, 9.17) is 0 Å². The Balaban J connectivity index is 2.21. The van der Waals surface area contributed by atoms with Gasteiger partial charge >= 0.3 is 0 Å². The Morgan fingerprint density at radius 1 is 1.38 bits per heavy atom. The highest BCUT2D eigenvalue weighted by Gasteiger charge is 2.56. The van der Waals surface area contributed by atoms with Crippen molar-refractivity contribution >= 4 is 5.91 Å². The lowest BCUT2D eigenvalue weighted by Gasteiger charge is -2.46. The number of rotatable bonds is 0. The van der Waals surface area contributed by atoms with Crippen molar-refractivity contribution in [3.8, 4) is 0 Å². The largest absolute Gasteiger partial charge is 0.296 e. The van der Waals surface area contributed by atoms with E-state index in [1.807, 2.05) is 0 Å². The highest BCUT2D eigenvalue weighted by Crippen LogP contribution is 2.40. The number of hydrogen-bond donors (Lipinski definition) is 1. The number of carbonyl (C=O) groups is 1. The molecule has 3 nitrogen and oxygen atoms in total. The zero-order valence-corrected chi connectivity index (χ0v) is 9.79. The van der Waals surface area contributed by atoms with Crippen molar-refractivity contribution in [2.75, 3.05) is 20.1 Å². The second-order valence-electron chi connectivity index (χ2n) is 5.31. The molecule has 0 unspecified atom stereocenters. The fraction of sp³-hybridized carbons (Fsp3) is 0.462. The number of benzene rings is 1. The van der Waals surface area contributed by atoms with Crippen LogP contribution in [-0.2, 0) is 16.9 Å². The topological polar surface area (TPSA) is 29.1 Å². The van der Waals surface area contributed by atoms with Gasteiger partial charge in [-0.05, 0) is 5.56 Å². The van der Waals surface area contributed by atoms with Crippen LogP contribution in [0.25, 0.3) is 0 Å². The van der Waals surface area contributed by atoms with Crippen LogP contribution in [0.1, 0.15) is 18.1 Å². The number of hydrogen-bond acceptors (Lipinski definition) is 1. The maximum atomic E-state index is 11.7. The predicted octanol–water partition coefficient (Wildman–Crippen LogP) is 0.992. The average molecular weight is 217 g/mol. The summed E-state index contributed by atoms with van der Waals surface area (Å²) in [6, 6.07) is 8.46. The second-order valence-corrected chi connectivity index (χ2v) is 5.31. The molecule has 0 radical (unpaired) electrons. The van der Waals surface area contributed by atoms with Crippen molar-refractivity contribution < 1.29 is 9.28 Å². The normalized spacial score (nSPS) is 36.5. The van der Waals surface area contributed by atoms with Crippen LogP contribution in [0.5, 0.6) is 0 Å². The minimum atomic E-state index is -0.230. The van der Waals surface area contributed by atoms with Crippen LogP contribution in [0.3, 0.4) is 0 Å². The van der Waals surface area contributed by atoms with Crippen molar-refractivity contribution in [2.24, 2.45) is 0 Å². The van der Waals surface area contributed by atoms with Gasteiger partial charge in [-0.3, -0.25) is 14.6 Å². The molecule has 0 spiro atoms. The first-order valence-corrected chi connectivity index (χ1v) is 5.79. The highest BCUT2D eigenvalue weighted by molar-refractivity contribution is 5.80. The summed E-state index contributed by atoms with van der Waals surface area (Å²) < 4.78 is 0.794. The summed E-state index contributed by atoms with van der Waals surface area (Å²) in [5.41, 5.74) is 2.43. The summed E-state index contributed by atoms with van der Waals surface area (Å²) in [6.07, 6.45) is 1.07. The second kappa shape index (κ2) is 2.86. The molecule has 0 saturated carbocycles. The average Bonchev–Trinajstić information content (AvgIpc) is 2.49. The summed E-state index contributed by atoms with van der Waals surface area (Å²) >= 11 is 0. The van der Waals surface area contributed by atoms with Crippen molar-refractivity contribution in [3.05, 3.63) is 35.4 Å². The highest BCUT2D eigenvalue weighted by atomic mass is 16.2. The summed E-state index contributed by atoms with van der Waals surface area (Å²) in [5.74, 6) is 0.168. The van der Waals surface area contributed by atoms with Crippen LogP contribution in [0.2, 0.25) is 0 Å². The zero-order valence-electron chi connectivity index (χ0n) is 9.79. The van der Waals surface area contributed by atoms with Crippen molar-refractivity contribution in [1.29, 1.82) is 0 Å². The van der Waals surface area contributed by atoms with Gasteiger partial charge in [-0.1, -0.05) is 24.3 Å². The number of nitrogens with zero attached hydrogens (tertiary/aromatic N) is 1. The van der Waals surface area contributed by atoms with E-state index in [9.17, 15) is 4.79 Å². The molecule has 0 aliphatic carbocycles. The van der Waals surface area contributed by atoms with E-state index in [-0.39, 0.29) is 11.6 Å². The third-order valence-electron chi connectivity index (χ3n) is 4.37. The van der Waals surface area contributed by atoms with Gasteiger partial charge in [-0.25, -0.2) is 0 Å². The first kappa shape index (κ1) is 9.85. The van der Waals surface area contributed by atoms with Gasteiger partial charge < -0.3 is 0 Å². The van der Waals surface area contributed by atoms with Crippen molar-refractivity contribution in [3.63, 3.8) is 0 Å². The van der Waals surface area contributed by atoms with E-state index in [0.29, 0.717) is 6.54 Å². The SMILES string of the molecule is C[C@]12NC(=O)C[N@+]1(C)CCc1ccccc12. The molecule has 2 atom stereocenters. The summed E-state index contributed by atoms with van der Waals surface area (Å²) in [5, 5.41) is 3.16. The lowest BCUT2D eigenvalue weighted by molar-refractivity contribution is -0.954. The van der Waals surface area contributed by atoms with Crippen LogP contribution >= 0.6 is 0 Å². The van der Waals surface area contributed by atoms with E-state index >= 15 is 0 Å². The maximum absolute atomic E-state index is 11.7. The number of nitrogens with one attached hydrogen (secondary N) is 1. The predicted molar refractivity (Wildman–Crippen MR) is 61.6 cm³/mol. The Morgan fingerprint density at radius 3 is 2.94 bits per heavy atom. The van der Waals surface area contributed by atoms with Gasteiger partial charge in [0, 0.05) is 18.9 Å². The standard InChI is InChI=1S/C13H16N2O/c1-13-11-6-4-3-5-10(11)7-8-15(13,2)9-12(16)14-13/h3-6H,7-9H2,1-2H3/p+1/t13-,15-/m0/s1. The smallest absolute Gasteiger partial charge is 0.280 e. The van der Waals surface area contributed by atoms with E-state index in [0.717, 1.165) is 17.4 Å². The monoisotopic (exact) mass is 217 g/mol.